The largest absolute Gasteiger partial charge is 0.496 e. The molecule has 0 N–H and O–H groups in total. The van der Waals surface area contributed by atoms with Gasteiger partial charge in [0.1, 0.15) is 29.4 Å². The fourth-order valence-electron chi connectivity index (χ4n) is 2.57. The summed E-state index contributed by atoms with van der Waals surface area (Å²) in [6.07, 6.45) is 0. The minimum absolute atomic E-state index is 0.0353. The molecule has 3 aromatic rings. The molecule has 1 aromatic heterocycles. The molecule has 0 fully saturated rings. The minimum Gasteiger partial charge on any atom is -0.496 e. The van der Waals surface area contributed by atoms with Crippen LogP contribution in [0.25, 0.3) is 11.3 Å². The smallest absolute Gasteiger partial charge is 0.342 e. The highest BCUT2D eigenvalue weighted by molar-refractivity contribution is 5.92. The van der Waals surface area contributed by atoms with Crippen LogP contribution in [0.1, 0.15) is 27.2 Å². The molecule has 134 valence electrons. The molecular weight excluding hydrogens is 337 g/mol. The Morgan fingerprint density at radius 3 is 2.58 bits per heavy atom. The molecule has 0 unspecified atom stereocenters. The molecule has 0 saturated heterocycles. The number of carbonyl (C=O) groups excluding carboxylic acids is 1. The Kier molecular flexibility index (Phi) is 5.02. The van der Waals surface area contributed by atoms with E-state index >= 15 is 0 Å². The van der Waals surface area contributed by atoms with E-state index in [-0.39, 0.29) is 12.4 Å². The molecule has 0 aliphatic carbocycles. The lowest BCUT2D eigenvalue weighted by Crippen LogP contribution is -2.08. The molecule has 6 heteroatoms. The van der Waals surface area contributed by atoms with E-state index in [1.165, 1.54) is 19.2 Å². The SMILES string of the molecule is COc1ccc(C)cc1C(=O)OCc1noc(-c2ccc(F)cc2)c1C. The maximum atomic E-state index is 13.1. The van der Waals surface area contributed by atoms with Gasteiger partial charge >= 0.3 is 5.97 Å². The zero-order chi connectivity index (χ0) is 18.7. The first kappa shape index (κ1) is 17.7. The number of nitrogens with zero attached hydrogens (tertiary/aromatic N) is 1. The van der Waals surface area contributed by atoms with Crippen molar-refractivity contribution in [1.29, 1.82) is 0 Å². The first-order chi connectivity index (χ1) is 12.5. The molecule has 0 spiro atoms. The summed E-state index contributed by atoms with van der Waals surface area (Å²) in [5, 5.41) is 3.96. The average molecular weight is 355 g/mol. The summed E-state index contributed by atoms with van der Waals surface area (Å²) in [5.74, 6) is 0.136. The fourth-order valence-corrected chi connectivity index (χ4v) is 2.57. The van der Waals surface area contributed by atoms with Crippen molar-refractivity contribution in [3.63, 3.8) is 0 Å². The van der Waals surface area contributed by atoms with Gasteiger partial charge in [-0.05, 0) is 50.2 Å². The van der Waals surface area contributed by atoms with Gasteiger partial charge in [0.2, 0.25) is 0 Å². The predicted octanol–water partition coefficient (Wildman–Crippen LogP) is 4.46. The number of halogens is 1. The molecular formula is C20H18FNO4. The number of rotatable bonds is 5. The van der Waals surface area contributed by atoms with Crippen LogP contribution in [0.5, 0.6) is 5.75 Å². The van der Waals surface area contributed by atoms with Gasteiger partial charge in [-0.15, -0.1) is 0 Å². The van der Waals surface area contributed by atoms with Crippen molar-refractivity contribution in [3.8, 4) is 17.1 Å². The zero-order valence-electron chi connectivity index (χ0n) is 14.7. The average Bonchev–Trinajstić information content (AvgIpc) is 3.01. The van der Waals surface area contributed by atoms with E-state index in [0.717, 1.165) is 11.1 Å². The molecule has 2 aromatic carbocycles. The van der Waals surface area contributed by atoms with Gasteiger partial charge in [0.25, 0.3) is 0 Å². The lowest BCUT2D eigenvalue weighted by molar-refractivity contribution is 0.0460. The van der Waals surface area contributed by atoms with E-state index in [1.54, 1.807) is 24.3 Å². The molecule has 3 rings (SSSR count). The maximum absolute atomic E-state index is 13.1. The van der Waals surface area contributed by atoms with Gasteiger partial charge in [-0.25, -0.2) is 9.18 Å². The Morgan fingerprint density at radius 2 is 1.88 bits per heavy atom. The predicted molar refractivity (Wildman–Crippen MR) is 93.5 cm³/mol. The third kappa shape index (κ3) is 3.59. The standard InChI is InChI=1S/C20H18FNO4/c1-12-4-9-18(24-3)16(10-12)20(23)25-11-17-13(2)19(26-22-17)14-5-7-15(21)8-6-14/h4-10H,11H2,1-3H3. The zero-order valence-corrected chi connectivity index (χ0v) is 14.7. The van der Waals surface area contributed by atoms with Gasteiger partial charge < -0.3 is 14.0 Å². The second-order valence-electron chi connectivity index (χ2n) is 5.87. The highest BCUT2D eigenvalue weighted by Gasteiger charge is 2.18. The van der Waals surface area contributed by atoms with Crippen LogP contribution in [0, 0.1) is 19.7 Å². The Hall–Kier alpha value is -3.15. The van der Waals surface area contributed by atoms with Crippen molar-refractivity contribution in [3.05, 3.63) is 70.7 Å². The highest BCUT2D eigenvalue weighted by atomic mass is 19.1. The number of aryl methyl sites for hydroxylation is 1. The van der Waals surface area contributed by atoms with Crippen LogP contribution in [0.4, 0.5) is 4.39 Å². The van der Waals surface area contributed by atoms with Gasteiger partial charge in [-0.2, -0.15) is 0 Å². The molecule has 0 aliphatic rings. The van der Waals surface area contributed by atoms with Crippen LogP contribution in [0.15, 0.2) is 47.0 Å². The summed E-state index contributed by atoms with van der Waals surface area (Å²) < 4.78 is 29.0. The summed E-state index contributed by atoms with van der Waals surface area (Å²) in [7, 11) is 1.50. The number of hydrogen-bond donors (Lipinski definition) is 0. The van der Waals surface area contributed by atoms with Crippen LogP contribution in [0.3, 0.4) is 0 Å². The summed E-state index contributed by atoms with van der Waals surface area (Å²) in [4.78, 5) is 12.4. The van der Waals surface area contributed by atoms with Crippen LogP contribution in [-0.2, 0) is 11.3 Å². The van der Waals surface area contributed by atoms with E-state index in [4.69, 9.17) is 14.0 Å². The first-order valence-corrected chi connectivity index (χ1v) is 8.02. The van der Waals surface area contributed by atoms with E-state index in [1.807, 2.05) is 19.9 Å². The number of hydrogen-bond acceptors (Lipinski definition) is 5. The molecule has 5 nitrogen and oxygen atoms in total. The molecule has 1 heterocycles. The van der Waals surface area contributed by atoms with E-state index in [9.17, 15) is 9.18 Å². The number of benzene rings is 2. The highest BCUT2D eigenvalue weighted by Crippen LogP contribution is 2.27. The monoisotopic (exact) mass is 355 g/mol. The number of methoxy groups -OCH3 is 1. The van der Waals surface area contributed by atoms with E-state index in [0.29, 0.717) is 28.3 Å². The Labute approximate surface area is 150 Å². The van der Waals surface area contributed by atoms with Crippen molar-refractivity contribution >= 4 is 5.97 Å². The third-order valence-electron chi connectivity index (χ3n) is 4.04. The number of esters is 1. The summed E-state index contributed by atoms with van der Waals surface area (Å²) >= 11 is 0. The molecule has 0 atom stereocenters. The van der Waals surface area contributed by atoms with E-state index in [2.05, 4.69) is 5.16 Å². The van der Waals surface area contributed by atoms with Crippen LogP contribution in [-0.4, -0.2) is 18.2 Å². The first-order valence-electron chi connectivity index (χ1n) is 8.02. The Morgan fingerprint density at radius 1 is 1.15 bits per heavy atom. The number of ether oxygens (including phenoxy) is 2. The Balaban J connectivity index is 1.75. The molecule has 0 saturated carbocycles. The Bertz CT molecular complexity index is 931. The molecule has 0 bridgehead atoms. The quantitative estimate of drug-likeness (QED) is 0.632. The van der Waals surface area contributed by atoms with Gasteiger partial charge in [-0.3, -0.25) is 0 Å². The van der Waals surface area contributed by atoms with Crippen LogP contribution >= 0.6 is 0 Å². The van der Waals surface area contributed by atoms with Crippen LogP contribution in [0.2, 0.25) is 0 Å². The lowest BCUT2D eigenvalue weighted by atomic mass is 10.1. The van der Waals surface area contributed by atoms with Gasteiger partial charge in [-0.1, -0.05) is 16.8 Å². The number of aromatic nitrogens is 1. The van der Waals surface area contributed by atoms with Crippen molar-refractivity contribution < 1.29 is 23.2 Å². The third-order valence-corrected chi connectivity index (χ3v) is 4.04. The summed E-state index contributed by atoms with van der Waals surface area (Å²) in [6.45, 7) is 3.66. The topological polar surface area (TPSA) is 61.6 Å². The van der Waals surface area contributed by atoms with E-state index < -0.39 is 5.97 Å². The lowest BCUT2D eigenvalue weighted by Gasteiger charge is -2.09. The van der Waals surface area contributed by atoms with Gasteiger partial charge in [0.15, 0.2) is 5.76 Å². The minimum atomic E-state index is -0.503. The summed E-state index contributed by atoms with van der Waals surface area (Å²) in [6, 6.07) is 11.2. The van der Waals surface area contributed by atoms with Crippen molar-refractivity contribution in [2.24, 2.45) is 0 Å². The molecule has 26 heavy (non-hydrogen) atoms. The maximum Gasteiger partial charge on any atom is 0.342 e. The van der Waals surface area contributed by atoms with Crippen molar-refractivity contribution in [2.45, 2.75) is 20.5 Å². The second kappa shape index (κ2) is 7.39. The molecule has 0 amide bonds. The fraction of sp³-hybridized carbons (Fsp3) is 0.200. The molecule has 0 radical (unpaired) electrons. The molecule has 0 aliphatic heterocycles. The van der Waals surface area contributed by atoms with Gasteiger partial charge in [0, 0.05) is 11.1 Å². The second-order valence-corrected chi connectivity index (χ2v) is 5.87. The van der Waals surface area contributed by atoms with Crippen LogP contribution < -0.4 is 4.74 Å². The van der Waals surface area contributed by atoms with Crippen molar-refractivity contribution in [2.75, 3.05) is 7.11 Å². The van der Waals surface area contributed by atoms with Crippen molar-refractivity contribution in [1.82, 2.24) is 5.16 Å². The summed E-state index contributed by atoms with van der Waals surface area (Å²) in [5.41, 5.74) is 3.22. The normalized spacial score (nSPS) is 10.6. The number of carbonyl (C=O) groups is 1. The van der Waals surface area contributed by atoms with Gasteiger partial charge in [0.05, 0.1) is 7.11 Å².